The summed E-state index contributed by atoms with van der Waals surface area (Å²) in [6, 6.07) is 3.96. The van der Waals surface area contributed by atoms with Crippen molar-refractivity contribution in [3.8, 4) is 0 Å². The standard InChI is InChI=1S/C11H17NO/c1-9(13-11(2,3)4)10-6-5-7-12-8-10/h5-9H,1-4H3. The SMILES string of the molecule is CC(OC(C)(C)C)c1cccnc1. The van der Waals surface area contributed by atoms with Gasteiger partial charge >= 0.3 is 0 Å². The lowest BCUT2D eigenvalue weighted by atomic mass is 10.1. The molecule has 0 saturated carbocycles. The van der Waals surface area contributed by atoms with E-state index in [1.165, 1.54) is 0 Å². The van der Waals surface area contributed by atoms with Crippen molar-refractivity contribution in [2.24, 2.45) is 0 Å². The van der Waals surface area contributed by atoms with Crippen molar-refractivity contribution in [1.29, 1.82) is 0 Å². The highest BCUT2D eigenvalue weighted by Gasteiger charge is 2.16. The molecule has 0 saturated heterocycles. The first-order chi connectivity index (χ1) is 5.99. The largest absolute Gasteiger partial charge is 0.368 e. The van der Waals surface area contributed by atoms with Crippen LogP contribution in [0.25, 0.3) is 0 Å². The number of hydrogen-bond acceptors (Lipinski definition) is 2. The summed E-state index contributed by atoms with van der Waals surface area (Å²) >= 11 is 0. The van der Waals surface area contributed by atoms with E-state index in [1.807, 2.05) is 25.3 Å². The Morgan fingerprint density at radius 1 is 1.38 bits per heavy atom. The van der Waals surface area contributed by atoms with Crippen LogP contribution in [-0.2, 0) is 4.74 Å². The van der Waals surface area contributed by atoms with Crippen molar-refractivity contribution >= 4 is 0 Å². The molecule has 1 atom stereocenters. The Morgan fingerprint density at radius 2 is 2.08 bits per heavy atom. The van der Waals surface area contributed by atoms with Gasteiger partial charge in [0.25, 0.3) is 0 Å². The highest BCUT2D eigenvalue weighted by Crippen LogP contribution is 2.22. The van der Waals surface area contributed by atoms with Gasteiger partial charge in [-0.15, -0.1) is 0 Å². The van der Waals surface area contributed by atoms with Crippen LogP contribution in [0.1, 0.15) is 39.4 Å². The van der Waals surface area contributed by atoms with Crippen LogP contribution in [0.5, 0.6) is 0 Å². The summed E-state index contributed by atoms with van der Waals surface area (Å²) in [5.41, 5.74) is 1.02. The smallest absolute Gasteiger partial charge is 0.0818 e. The summed E-state index contributed by atoms with van der Waals surface area (Å²) in [7, 11) is 0. The molecule has 1 heterocycles. The van der Waals surface area contributed by atoms with Gasteiger partial charge in [-0.25, -0.2) is 0 Å². The molecule has 0 aliphatic heterocycles. The van der Waals surface area contributed by atoms with Crippen molar-refractivity contribution < 1.29 is 4.74 Å². The second-order valence-electron chi connectivity index (χ2n) is 4.16. The molecule has 0 bridgehead atoms. The van der Waals surface area contributed by atoms with Gasteiger partial charge in [-0.05, 0) is 39.3 Å². The monoisotopic (exact) mass is 179 g/mol. The number of rotatable bonds is 2. The van der Waals surface area contributed by atoms with Gasteiger partial charge in [0.15, 0.2) is 0 Å². The van der Waals surface area contributed by atoms with E-state index in [-0.39, 0.29) is 11.7 Å². The molecule has 0 aliphatic carbocycles. The molecule has 0 aliphatic rings. The van der Waals surface area contributed by atoms with Crippen LogP contribution >= 0.6 is 0 Å². The van der Waals surface area contributed by atoms with Crippen LogP contribution in [0.3, 0.4) is 0 Å². The van der Waals surface area contributed by atoms with Crippen molar-refractivity contribution in [1.82, 2.24) is 4.98 Å². The van der Waals surface area contributed by atoms with Crippen molar-refractivity contribution in [2.45, 2.75) is 39.4 Å². The van der Waals surface area contributed by atoms with Crippen LogP contribution < -0.4 is 0 Å². The van der Waals surface area contributed by atoms with E-state index in [0.29, 0.717) is 0 Å². The third-order valence-corrected chi connectivity index (χ3v) is 1.68. The molecule has 2 heteroatoms. The fourth-order valence-electron chi connectivity index (χ4n) is 1.21. The maximum absolute atomic E-state index is 5.78. The Bertz CT molecular complexity index is 251. The van der Waals surface area contributed by atoms with E-state index in [0.717, 1.165) is 5.56 Å². The number of pyridine rings is 1. The van der Waals surface area contributed by atoms with Crippen molar-refractivity contribution in [2.75, 3.05) is 0 Å². The Hall–Kier alpha value is -0.890. The second kappa shape index (κ2) is 3.88. The van der Waals surface area contributed by atoms with Crippen molar-refractivity contribution in [3.05, 3.63) is 30.1 Å². The summed E-state index contributed by atoms with van der Waals surface area (Å²) in [6.07, 6.45) is 3.72. The van der Waals surface area contributed by atoms with E-state index in [4.69, 9.17) is 4.74 Å². The molecule has 0 fully saturated rings. The first-order valence-electron chi connectivity index (χ1n) is 4.57. The predicted molar refractivity (Wildman–Crippen MR) is 53.5 cm³/mol. The summed E-state index contributed by atoms with van der Waals surface area (Å²) in [4.78, 5) is 4.06. The lowest BCUT2D eigenvalue weighted by Crippen LogP contribution is -2.21. The van der Waals surface area contributed by atoms with E-state index < -0.39 is 0 Å². The van der Waals surface area contributed by atoms with Crippen LogP contribution in [0.2, 0.25) is 0 Å². The lowest BCUT2D eigenvalue weighted by Gasteiger charge is -2.25. The average molecular weight is 179 g/mol. The molecule has 2 nitrogen and oxygen atoms in total. The quantitative estimate of drug-likeness (QED) is 0.696. The van der Waals surface area contributed by atoms with Gasteiger partial charge in [-0.1, -0.05) is 6.07 Å². The van der Waals surface area contributed by atoms with Crippen LogP contribution in [0.15, 0.2) is 24.5 Å². The zero-order valence-electron chi connectivity index (χ0n) is 8.74. The number of aromatic nitrogens is 1. The summed E-state index contributed by atoms with van der Waals surface area (Å²) in [5, 5.41) is 0. The zero-order valence-corrected chi connectivity index (χ0v) is 8.74. The van der Waals surface area contributed by atoms with Gasteiger partial charge in [0.2, 0.25) is 0 Å². The molecule has 72 valence electrons. The molecule has 13 heavy (non-hydrogen) atoms. The second-order valence-corrected chi connectivity index (χ2v) is 4.16. The van der Waals surface area contributed by atoms with Crippen LogP contribution in [-0.4, -0.2) is 10.6 Å². The minimum Gasteiger partial charge on any atom is -0.368 e. The molecular formula is C11H17NO. The van der Waals surface area contributed by atoms with E-state index in [9.17, 15) is 0 Å². The number of hydrogen-bond donors (Lipinski definition) is 0. The predicted octanol–water partition coefficient (Wildman–Crippen LogP) is 2.96. The van der Waals surface area contributed by atoms with Gasteiger partial charge in [0.05, 0.1) is 11.7 Å². The molecule has 0 amide bonds. The van der Waals surface area contributed by atoms with E-state index >= 15 is 0 Å². The molecule has 1 rings (SSSR count). The normalized spacial score (nSPS) is 14.2. The number of nitrogens with zero attached hydrogens (tertiary/aromatic N) is 1. The van der Waals surface area contributed by atoms with Gasteiger partial charge in [0, 0.05) is 12.4 Å². The van der Waals surface area contributed by atoms with E-state index in [2.05, 4.69) is 25.8 Å². The molecule has 0 aromatic carbocycles. The van der Waals surface area contributed by atoms with E-state index in [1.54, 1.807) is 6.20 Å². The Morgan fingerprint density at radius 3 is 2.54 bits per heavy atom. The summed E-state index contributed by atoms with van der Waals surface area (Å²) in [5.74, 6) is 0. The highest BCUT2D eigenvalue weighted by molar-refractivity contribution is 5.11. The maximum Gasteiger partial charge on any atom is 0.0818 e. The first kappa shape index (κ1) is 10.2. The molecule has 0 spiro atoms. The zero-order chi connectivity index (χ0) is 9.90. The van der Waals surface area contributed by atoms with Crippen LogP contribution in [0, 0.1) is 0 Å². The minimum atomic E-state index is -0.102. The van der Waals surface area contributed by atoms with Crippen LogP contribution in [0.4, 0.5) is 0 Å². The summed E-state index contributed by atoms with van der Waals surface area (Å²) in [6.45, 7) is 8.21. The lowest BCUT2D eigenvalue weighted by molar-refractivity contribution is -0.0530. The van der Waals surface area contributed by atoms with Gasteiger partial charge in [0.1, 0.15) is 0 Å². The molecule has 1 aromatic rings. The highest BCUT2D eigenvalue weighted by atomic mass is 16.5. The Labute approximate surface area is 80.0 Å². The van der Waals surface area contributed by atoms with Gasteiger partial charge < -0.3 is 4.74 Å². The molecule has 1 aromatic heterocycles. The maximum atomic E-state index is 5.78. The van der Waals surface area contributed by atoms with Gasteiger partial charge in [-0.3, -0.25) is 4.98 Å². The molecule has 0 N–H and O–H groups in total. The van der Waals surface area contributed by atoms with Gasteiger partial charge in [-0.2, -0.15) is 0 Å². The third kappa shape index (κ3) is 3.55. The fraction of sp³-hybridized carbons (Fsp3) is 0.545. The van der Waals surface area contributed by atoms with Crippen molar-refractivity contribution in [3.63, 3.8) is 0 Å². The number of ether oxygens (including phenoxy) is 1. The Balaban J connectivity index is 2.64. The molecular weight excluding hydrogens is 162 g/mol. The minimum absolute atomic E-state index is 0.102. The topological polar surface area (TPSA) is 22.1 Å². The molecule has 0 radical (unpaired) electrons. The third-order valence-electron chi connectivity index (χ3n) is 1.68. The first-order valence-corrected chi connectivity index (χ1v) is 4.57. The fourth-order valence-corrected chi connectivity index (χ4v) is 1.21. The Kier molecular flexibility index (Phi) is 3.04. The average Bonchev–Trinajstić information content (AvgIpc) is 2.03. The molecule has 1 unspecified atom stereocenters. The summed E-state index contributed by atoms with van der Waals surface area (Å²) < 4.78 is 5.78.